The first-order valence-corrected chi connectivity index (χ1v) is 9.29. The number of hydrogen-bond acceptors (Lipinski definition) is 3. The van der Waals surface area contributed by atoms with Crippen molar-refractivity contribution in [3.63, 3.8) is 0 Å². The van der Waals surface area contributed by atoms with Crippen molar-refractivity contribution in [3.05, 3.63) is 51.0 Å². The van der Waals surface area contributed by atoms with E-state index in [-0.39, 0.29) is 24.0 Å². The fourth-order valence-corrected chi connectivity index (χ4v) is 3.58. The molecule has 1 aromatic heterocycles. The molecule has 0 aliphatic carbocycles. The van der Waals surface area contributed by atoms with Gasteiger partial charge in [-0.1, -0.05) is 24.3 Å². The maximum atomic E-state index is 4.80. The Morgan fingerprint density at radius 1 is 1.24 bits per heavy atom. The van der Waals surface area contributed by atoms with Crippen molar-refractivity contribution in [2.75, 3.05) is 20.1 Å². The summed E-state index contributed by atoms with van der Waals surface area (Å²) in [5, 5.41) is 4.53. The molecule has 138 valence electrons. The van der Waals surface area contributed by atoms with E-state index in [9.17, 15) is 0 Å². The molecule has 1 heterocycles. The summed E-state index contributed by atoms with van der Waals surface area (Å²) in [6.45, 7) is 10.9. The number of halogens is 1. The number of aliphatic imine (C=N–C) groups is 1. The van der Waals surface area contributed by atoms with Crippen LogP contribution in [0.25, 0.3) is 0 Å². The Morgan fingerprint density at radius 2 is 1.96 bits per heavy atom. The maximum absolute atomic E-state index is 4.80. The summed E-state index contributed by atoms with van der Waals surface area (Å²) in [6.07, 6.45) is 0.949. The number of aromatic nitrogens is 1. The Kier molecular flexibility index (Phi) is 9.42. The molecule has 2 rings (SSSR count). The first-order valence-electron chi connectivity index (χ1n) is 8.48. The van der Waals surface area contributed by atoms with Gasteiger partial charge in [-0.15, -0.1) is 35.3 Å². The highest BCUT2D eigenvalue weighted by Crippen LogP contribution is 2.17. The van der Waals surface area contributed by atoms with Crippen LogP contribution in [0.4, 0.5) is 0 Å². The number of benzene rings is 1. The lowest BCUT2D eigenvalue weighted by Gasteiger charge is -2.23. The third kappa shape index (κ3) is 6.58. The molecule has 1 aromatic carbocycles. The topological polar surface area (TPSA) is 40.5 Å². The van der Waals surface area contributed by atoms with Gasteiger partial charge in [0.15, 0.2) is 5.96 Å². The standard InChI is InChI=1S/C19H28N4S.HI/c1-6-20-19(21-12-11-18-15(3)22-16(4)24-18)23(5)13-17-10-8-7-9-14(17)2;/h7-10H,6,11-13H2,1-5H3,(H,20,21);1H. The number of rotatable bonds is 6. The molecule has 0 saturated heterocycles. The summed E-state index contributed by atoms with van der Waals surface area (Å²) in [5.74, 6) is 0.958. The molecule has 0 spiro atoms. The van der Waals surface area contributed by atoms with Crippen LogP contribution in [-0.2, 0) is 13.0 Å². The molecule has 0 fully saturated rings. The largest absolute Gasteiger partial charge is 0.357 e. The van der Waals surface area contributed by atoms with E-state index in [0.29, 0.717) is 0 Å². The predicted molar refractivity (Wildman–Crippen MR) is 119 cm³/mol. The van der Waals surface area contributed by atoms with E-state index in [2.05, 4.69) is 74.2 Å². The summed E-state index contributed by atoms with van der Waals surface area (Å²) in [6, 6.07) is 8.51. The number of aryl methyl sites for hydroxylation is 3. The molecule has 0 aliphatic heterocycles. The van der Waals surface area contributed by atoms with Gasteiger partial charge in [0.05, 0.1) is 10.7 Å². The third-order valence-corrected chi connectivity index (χ3v) is 5.10. The highest BCUT2D eigenvalue weighted by Gasteiger charge is 2.09. The average molecular weight is 472 g/mol. The van der Waals surface area contributed by atoms with E-state index < -0.39 is 0 Å². The van der Waals surface area contributed by atoms with Crippen LogP contribution in [0.3, 0.4) is 0 Å². The Labute approximate surface area is 172 Å². The van der Waals surface area contributed by atoms with E-state index in [1.54, 1.807) is 11.3 Å². The highest BCUT2D eigenvalue weighted by atomic mass is 127. The summed E-state index contributed by atoms with van der Waals surface area (Å²) in [7, 11) is 2.09. The van der Waals surface area contributed by atoms with Gasteiger partial charge in [-0.25, -0.2) is 4.98 Å². The SMILES string of the molecule is CCNC(=NCCc1sc(C)nc1C)N(C)Cc1ccccc1C.I. The number of thiazole rings is 1. The lowest BCUT2D eigenvalue weighted by Crippen LogP contribution is -2.38. The Balaban J connectivity index is 0.00000312. The van der Waals surface area contributed by atoms with Gasteiger partial charge in [0.25, 0.3) is 0 Å². The van der Waals surface area contributed by atoms with Crippen molar-refractivity contribution in [1.82, 2.24) is 15.2 Å². The molecular weight excluding hydrogens is 443 g/mol. The van der Waals surface area contributed by atoms with Gasteiger partial charge in [-0.3, -0.25) is 4.99 Å². The molecule has 0 bridgehead atoms. The van der Waals surface area contributed by atoms with Gasteiger partial charge in [-0.2, -0.15) is 0 Å². The molecule has 0 unspecified atom stereocenters. The summed E-state index contributed by atoms with van der Waals surface area (Å²) in [4.78, 5) is 12.8. The monoisotopic (exact) mass is 472 g/mol. The van der Waals surface area contributed by atoms with Crippen LogP contribution in [0.1, 0.15) is 33.6 Å². The van der Waals surface area contributed by atoms with Crippen LogP contribution >= 0.6 is 35.3 Å². The van der Waals surface area contributed by atoms with Crippen LogP contribution in [-0.4, -0.2) is 36.0 Å². The number of guanidine groups is 1. The van der Waals surface area contributed by atoms with Crippen LogP contribution in [0.5, 0.6) is 0 Å². The van der Waals surface area contributed by atoms with Gasteiger partial charge in [0, 0.05) is 38.0 Å². The van der Waals surface area contributed by atoms with Crippen molar-refractivity contribution >= 4 is 41.3 Å². The Hall–Kier alpha value is -1.15. The van der Waals surface area contributed by atoms with Gasteiger partial charge in [0.2, 0.25) is 0 Å². The average Bonchev–Trinajstić information content (AvgIpc) is 2.86. The van der Waals surface area contributed by atoms with Crippen LogP contribution < -0.4 is 5.32 Å². The lowest BCUT2D eigenvalue weighted by atomic mass is 10.1. The normalized spacial score (nSPS) is 11.2. The molecule has 0 atom stereocenters. The van der Waals surface area contributed by atoms with Crippen molar-refractivity contribution in [2.45, 2.75) is 40.7 Å². The van der Waals surface area contributed by atoms with Crippen molar-refractivity contribution in [2.24, 2.45) is 4.99 Å². The number of hydrogen-bond donors (Lipinski definition) is 1. The summed E-state index contributed by atoms with van der Waals surface area (Å²) >= 11 is 1.78. The van der Waals surface area contributed by atoms with E-state index in [1.165, 1.54) is 16.0 Å². The highest BCUT2D eigenvalue weighted by molar-refractivity contribution is 14.0. The van der Waals surface area contributed by atoms with Crippen LogP contribution in [0.2, 0.25) is 0 Å². The van der Waals surface area contributed by atoms with Gasteiger partial charge < -0.3 is 10.2 Å². The molecule has 25 heavy (non-hydrogen) atoms. The van der Waals surface area contributed by atoms with E-state index in [1.807, 2.05) is 0 Å². The Morgan fingerprint density at radius 3 is 2.56 bits per heavy atom. The minimum Gasteiger partial charge on any atom is -0.357 e. The van der Waals surface area contributed by atoms with E-state index in [4.69, 9.17) is 4.99 Å². The van der Waals surface area contributed by atoms with Crippen molar-refractivity contribution in [3.8, 4) is 0 Å². The van der Waals surface area contributed by atoms with Crippen LogP contribution in [0, 0.1) is 20.8 Å². The van der Waals surface area contributed by atoms with Gasteiger partial charge >= 0.3 is 0 Å². The first-order chi connectivity index (χ1) is 11.5. The zero-order valence-electron chi connectivity index (χ0n) is 15.8. The van der Waals surface area contributed by atoms with Gasteiger partial charge in [0.1, 0.15) is 0 Å². The molecule has 0 aliphatic rings. The third-order valence-electron chi connectivity index (χ3n) is 3.97. The molecular formula is C19H29IN4S. The second-order valence-electron chi connectivity index (χ2n) is 6.01. The number of nitrogens with one attached hydrogen (secondary N) is 1. The van der Waals surface area contributed by atoms with E-state index in [0.717, 1.165) is 42.7 Å². The molecule has 0 saturated carbocycles. The first kappa shape index (κ1) is 21.9. The molecule has 6 heteroatoms. The lowest BCUT2D eigenvalue weighted by molar-refractivity contribution is 0.476. The van der Waals surface area contributed by atoms with Crippen molar-refractivity contribution in [1.29, 1.82) is 0 Å². The minimum absolute atomic E-state index is 0. The zero-order chi connectivity index (χ0) is 17.5. The minimum atomic E-state index is 0. The summed E-state index contributed by atoms with van der Waals surface area (Å²) in [5.41, 5.74) is 3.79. The molecule has 0 amide bonds. The molecule has 0 radical (unpaired) electrons. The maximum Gasteiger partial charge on any atom is 0.193 e. The smallest absolute Gasteiger partial charge is 0.193 e. The predicted octanol–water partition coefficient (Wildman–Crippen LogP) is 4.33. The van der Waals surface area contributed by atoms with Gasteiger partial charge in [-0.05, 0) is 38.8 Å². The van der Waals surface area contributed by atoms with Crippen molar-refractivity contribution < 1.29 is 0 Å². The fourth-order valence-electron chi connectivity index (χ4n) is 2.66. The van der Waals surface area contributed by atoms with E-state index >= 15 is 0 Å². The second-order valence-corrected chi connectivity index (χ2v) is 7.30. The molecule has 1 N–H and O–H groups in total. The number of nitrogens with zero attached hydrogens (tertiary/aromatic N) is 3. The summed E-state index contributed by atoms with van der Waals surface area (Å²) < 4.78 is 0. The van der Waals surface area contributed by atoms with Crippen LogP contribution in [0.15, 0.2) is 29.3 Å². The Bertz CT molecular complexity index is 696. The zero-order valence-corrected chi connectivity index (χ0v) is 18.9. The second kappa shape index (κ2) is 10.8. The quantitative estimate of drug-likeness (QED) is 0.387. The molecule has 4 nitrogen and oxygen atoms in total. The fraction of sp³-hybridized carbons (Fsp3) is 0.474. The molecule has 2 aromatic rings.